The number of hydrogen-bond acceptors (Lipinski definition) is 4. The number of fused-ring (bicyclic) bond motifs is 1. The molecule has 1 amide bonds. The Morgan fingerprint density at radius 3 is 2.64 bits per heavy atom. The summed E-state index contributed by atoms with van der Waals surface area (Å²) < 4.78 is 11.2. The molecule has 5 nitrogen and oxygen atoms in total. The lowest BCUT2D eigenvalue weighted by molar-refractivity contribution is 0.0304. The number of rotatable bonds is 4. The minimum absolute atomic E-state index is 0.0257. The van der Waals surface area contributed by atoms with Crippen LogP contribution >= 0.6 is 0 Å². The highest BCUT2D eigenvalue weighted by Crippen LogP contribution is 2.28. The predicted molar refractivity (Wildman–Crippen MR) is 110 cm³/mol. The van der Waals surface area contributed by atoms with E-state index in [1.807, 2.05) is 73.3 Å². The molecule has 2 heterocycles. The number of carbonyl (C=O) groups excluding carboxylic acids is 1. The van der Waals surface area contributed by atoms with E-state index in [1.165, 1.54) is 0 Å². The van der Waals surface area contributed by atoms with Gasteiger partial charge in [-0.25, -0.2) is 4.98 Å². The number of benzene rings is 2. The number of para-hydroxylation sites is 1. The van der Waals surface area contributed by atoms with Crippen molar-refractivity contribution in [1.82, 2.24) is 9.88 Å². The number of morpholine rings is 1. The molecule has 0 spiro atoms. The van der Waals surface area contributed by atoms with Crippen LogP contribution in [0.2, 0.25) is 0 Å². The molecule has 144 valence electrons. The first-order chi connectivity index (χ1) is 13.6. The summed E-state index contributed by atoms with van der Waals surface area (Å²) in [6, 6.07) is 17.5. The Kier molecular flexibility index (Phi) is 5.26. The molecule has 0 bridgehead atoms. The molecular weight excluding hydrogens is 352 g/mol. The summed E-state index contributed by atoms with van der Waals surface area (Å²) >= 11 is 0. The monoisotopic (exact) mass is 376 g/mol. The van der Waals surface area contributed by atoms with Crippen LogP contribution in [-0.2, 0) is 4.74 Å². The van der Waals surface area contributed by atoms with Gasteiger partial charge in [-0.2, -0.15) is 0 Å². The first kappa shape index (κ1) is 18.4. The van der Waals surface area contributed by atoms with Crippen molar-refractivity contribution in [3.05, 3.63) is 60.2 Å². The molecule has 0 N–H and O–H groups in total. The minimum Gasteiger partial charge on any atom is -0.491 e. The average Bonchev–Trinajstić information content (AvgIpc) is 2.73. The predicted octanol–water partition coefficient (Wildman–Crippen LogP) is 4.16. The second kappa shape index (κ2) is 7.98. The Morgan fingerprint density at radius 2 is 1.86 bits per heavy atom. The van der Waals surface area contributed by atoms with Gasteiger partial charge >= 0.3 is 0 Å². The molecule has 0 unspecified atom stereocenters. The molecule has 1 aliphatic rings. The molecule has 0 atom stereocenters. The average molecular weight is 376 g/mol. The fourth-order valence-corrected chi connectivity index (χ4v) is 3.44. The fraction of sp³-hybridized carbons (Fsp3) is 0.304. The molecule has 28 heavy (non-hydrogen) atoms. The van der Waals surface area contributed by atoms with Crippen LogP contribution < -0.4 is 4.74 Å². The summed E-state index contributed by atoms with van der Waals surface area (Å²) in [5.41, 5.74) is 3.19. The van der Waals surface area contributed by atoms with E-state index < -0.39 is 0 Å². The molecule has 1 aliphatic heterocycles. The van der Waals surface area contributed by atoms with E-state index in [0.717, 1.165) is 27.9 Å². The van der Waals surface area contributed by atoms with Crippen LogP contribution in [0.4, 0.5) is 0 Å². The zero-order valence-corrected chi connectivity index (χ0v) is 16.2. The van der Waals surface area contributed by atoms with E-state index in [2.05, 4.69) is 0 Å². The van der Waals surface area contributed by atoms with Crippen LogP contribution in [0.25, 0.3) is 22.2 Å². The second-order valence-electron chi connectivity index (χ2n) is 7.17. The van der Waals surface area contributed by atoms with E-state index in [4.69, 9.17) is 14.5 Å². The molecule has 2 aromatic carbocycles. The third-order valence-corrected chi connectivity index (χ3v) is 4.75. The maximum absolute atomic E-state index is 13.2. The number of nitrogens with zero attached hydrogens (tertiary/aromatic N) is 2. The van der Waals surface area contributed by atoms with Crippen molar-refractivity contribution >= 4 is 16.8 Å². The van der Waals surface area contributed by atoms with Crippen molar-refractivity contribution in [3.63, 3.8) is 0 Å². The summed E-state index contributed by atoms with van der Waals surface area (Å²) in [5, 5.41) is 0.873. The van der Waals surface area contributed by atoms with Gasteiger partial charge in [0, 0.05) is 24.0 Å². The largest absolute Gasteiger partial charge is 0.491 e. The quantitative estimate of drug-likeness (QED) is 0.686. The van der Waals surface area contributed by atoms with Gasteiger partial charge in [-0.15, -0.1) is 0 Å². The summed E-state index contributed by atoms with van der Waals surface area (Å²) in [7, 11) is 0. The number of ether oxygens (including phenoxy) is 2. The van der Waals surface area contributed by atoms with E-state index >= 15 is 0 Å². The third kappa shape index (κ3) is 3.85. The Hall–Kier alpha value is -2.92. The standard InChI is InChI=1S/C23H24N2O3/c1-16(2)28-18-7-5-6-17(14-18)22-15-20(19-8-3-4-9-21(19)24-22)23(26)25-10-12-27-13-11-25/h3-9,14-16H,10-13H2,1-2H3. The van der Waals surface area contributed by atoms with Crippen molar-refractivity contribution in [2.45, 2.75) is 20.0 Å². The molecule has 1 fully saturated rings. The van der Waals surface area contributed by atoms with Gasteiger partial charge in [0.1, 0.15) is 5.75 Å². The highest BCUT2D eigenvalue weighted by atomic mass is 16.5. The summed E-state index contributed by atoms with van der Waals surface area (Å²) in [5.74, 6) is 0.821. The Labute approximate surface area is 164 Å². The number of carbonyl (C=O) groups is 1. The van der Waals surface area contributed by atoms with Gasteiger partial charge in [0.05, 0.1) is 36.1 Å². The van der Waals surface area contributed by atoms with Crippen LogP contribution in [0.5, 0.6) is 5.75 Å². The maximum Gasteiger partial charge on any atom is 0.254 e. The summed E-state index contributed by atoms with van der Waals surface area (Å²) in [4.78, 5) is 19.9. The third-order valence-electron chi connectivity index (χ3n) is 4.75. The van der Waals surface area contributed by atoms with Gasteiger partial charge < -0.3 is 14.4 Å². The summed E-state index contributed by atoms with van der Waals surface area (Å²) in [6.07, 6.45) is 0.0956. The lowest BCUT2D eigenvalue weighted by Gasteiger charge is -2.27. The first-order valence-corrected chi connectivity index (χ1v) is 9.66. The van der Waals surface area contributed by atoms with Crippen LogP contribution in [0.15, 0.2) is 54.6 Å². The van der Waals surface area contributed by atoms with Crippen molar-refractivity contribution in [2.75, 3.05) is 26.3 Å². The topological polar surface area (TPSA) is 51.7 Å². The van der Waals surface area contributed by atoms with Crippen molar-refractivity contribution in [1.29, 1.82) is 0 Å². The lowest BCUT2D eigenvalue weighted by Crippen LogP contribution is -2.40. The maximum atomic E-state index is 13.2. The Balaban J connectivity index is 1.79. The highest BCUT2D eigenvalue weighted by Gasteiger charge is 2.21. The van der Waals surface area contributed by atoms with Gasteiger partial charge in [0.15, 0.2) is 0 Å². The van der Waals surface area contributed by atoms with Gasteiger partial charge in [-0.05, 0) is 38.1 Å². The Bertz CT molecular complexity index is 994. The molecule has 4 rings (SSSR count). The SMILES string of the molecule is CC(C)Oc1cccc(-c2cc(C(=O)N3CCOCC3)c3ccccc3n2)c1. The molecule has 0 aliphatic carbocycles. The lowest BCUT2D eigenvalue weighted by atomic mass is 10.0. The summed E-state index contributed by atoms with van der Waals surface area (Å²) in [6.45, 7) is 6.39. The zero-order valence-electron chi connectivity index (χ0n) is 16.2. The number of pyridine rings is 1. The highest BCUT2D eigenvalue weighted by molar-refractivity contribution is 6.07. The van der Waals surface area contributed by atoms with Gasteiger partial charge in [0.25, 0.3) is 5.91 Å². The van der Waals surface area contributed by atoms with E-state index in [1.54, 1.807) is 0 Å². The fourth-order valence-electron chi connectivity index (χ4n) is 3.44. The van der Waals surface area contributed by atoms with E-state index in [-0.39, 0.29) is 12.0 Å². The van der Waals surface area contributed by atoms with Crippen LogP contribution in [0.3, 0.4) is 0 Å². The normalized spacial score (nSPS) is 14.5. The van der Waals surface area contributed by atoms with Crippen molar-refractivity contribution < 1.29 is 14.3 Å². The van der Waals surface area contributed by atoms with Gasteiger partial charge in [0.2, 0.25) is 0 Å². The minimum atomic E-state index is 0.0257. The smallest absolute Gasteiger partial charge is 0.254 e. The van der Waals surface area contributed by atoms with Crippen LogP contribution in [-0.4, -0.2) is 48.2 Å². The number of hydrogen-bond donors (Lipinski definition) is 0. The van der Waals surface area contributed by atoms with E-state index in [0.29, 0.717) is 31.9 Å². The first-order valence-electron chi connectivity index (χ1n) is 9.66. The number of aromatic nitrogens is 1. The number of amides is 1. The molecule has 0 saturated carbocycles. The molecule has 1 saturated heterocycles. The van der Waals surface area contributed by atoms with Gasteiger partial charge in [-0.3, -0.25) is 4.79 Å². The van der Waals surface area contributed by atoms with Crippen molar-refractivity contribution in [3.8, 4) is 17.0 Å². The molecule has 0 radical (unpaired) electrons. The van der Waals surface area contributed by atoms with Crippen molar-refractivity contribution in [2.24, 2.45) is 0 Å². The Morgan fingerprint density at radius 1 is 1.07 bits per heavy atom. The molecule has 3 aromatic rings. The molecule has 1 aromatic heterocycles. The van der Waals surface area contributed by atoms with Crippen LogP contribution in [0, 0.1) is 0 Å². The van der Waals surface area contributed by atoms with E-state index in [9.17, 15) is 4.79 Å². The van der Waals surface area contributed by atoms with Crippen LogP contribution in [0.1, 0.15) is 24.2 Å². The van der Waals surface area contributed by atoms with Gasteiger partial charge in [-0.1, -0.05) is 30.3 Å². The zero-order chi connectivity index (χ0) is 19.5. The second-order valence-corrected chi connectivity index (χ2v) is 7.17. The molecular formula is C23H24N2O3. The molecule has 5 heteroatoms.